The zero-order valence-corrected chi connectivity index (χ0v) is 15.2. The highest BCUT2D eigenvalue weighted by atomic mass is 35.5. The Labute approximate surface area is 160 Å². The van der Waals surface area contributed by atoms with Crippen LogP contribution in [-0.2, 0) is 17.4 Å². The van der Waals surface area contributed by atoms with E-state index in [1.807, 2.05) is 0 Å². The third-order valence-corrected chi connectivity index (χ3v) is 4.89. The topological polar surface area (TPSA) is 76.7 Å². The molecule has 5 nitrogen and oxygen atoms in total. The Morgan fingerprint density at radius 2 is 1.70 bits per heavy atom. The number of halogens is 8. The maximum Gasteiger partial charge on any atom is 0.578 e. The number of nitrogens with zero attached hydrogens (tertiary/aromatic N) is 3. The van der Waals surface area contributed by atoms with Crippen LogP contribution in [0, 0.1) is 11.3 Å². The highest BCUT2D eigenvalue weighted by Crippen LogP contribution is 2.41. The largest absolute Gasteiger partial charge is 0.604 e. The first kappa shape index (κ1) is 21.5. The molecule has 0 saturated heterocycles. The molecule has 1 aromatic heterocycles. The molecular formula is C13H6Cl2F6N4OS. The second-order valence-electron chi connectivity index (χ2n) is 4.80. The summed E-state index contributed by atoms with van der Waals surface area (Å²) in [5.41, 5.74) is -7.68. The number of nitrogens with one attached hydrogen (secondary N) is 1. The maximum absolute atomic E-state index is 12.9. The van der Waals surface area contributed by atoms with Crippen LogP contribution < -0.4 is 5.32 Å². The van der Waals surface area contributed by atoms with Crippen LogP contribution in [0.25, 0.3) is 5.69 Å². The number of alkyl halides is 6. The predicted octanol–water partition coefficient (Wildman–Crippen LogP) is 4.74. The molecule has 0 fully saturated rings. The number of aromatic nitrogens is 2. The van der Waals surface area contributed by atoms with Crippen LogP contribution in [0.1, 0.15) is 11.3 Å². The van der Waals surface area contributed by atoms with Gasteiger partial charge in [-0.15, -0.1) is 18.3 Å². The van der Waals surface area contributed by atoms with E-state index in [1.165, 1.54) is 6.07 Å². The van der Waals surface area contributed by atoms with Crippen molar-refractivity contribution in [3.8, 4) is 11.8 Å². The molecule has 0 aliphatic heterocycles. The lowest BCUT2D eigenvalue weighted by atomic mass is 10.2. The zero-order chi connectivity index (χ0) is 20.7. The van der Waals surface area contributed by atoms with Crippen LogP contribution in [0.15, 0.2) is 17.0 Å². The van der Waals surface area contributed by atoms with Crippen LogP contribution in [0.2, 0.25) is 10.0 Å². The van der Waals surface area contributed by atoms with Crippen LogP contribution in [0.3, 0.4) is 0 Å². The van der Waals surface area contributed by atoms with Gasteiger partial charge in [-0.2, -0.15) is 18.4 Å². The summed E-state index contributed by atoms with van der Waals surface area (Å²) in [6, 6.07) is 2.35. The van der Waals surface area contributed by atoms with Crippen LogP contribution in [-0.4, -0.2) is 26.9 Å². The van der Waals surface area contributed by atoms with Crippen molar-refractivity contribution in [1.29, 1.82) is 5.26 Å². The molecule has 2 aromatic rings. The number of anilines is 1. The summed E-state index contributed by atoms with van der Waals surface area (Å²) < 4.78 is 89.4. The molecular weight excluding hydrogens is 445 g/mol. The van der Waals surface area contributed by atoms with Gasteiger partial charge in [0.1, 0.15) is 22.9 Å². The minimum Gasteiger partial charge on any atom is -0.604 e. The molecule has 0 bridgehead atoms. The quantitative estimate of drug-likeness (QED) is 0.541. The molecule has 14 heteroatoms. The Morgan fingerprint density at radius 1 is 1.19 bits per heavy atom. The summed E-state index contributed by atoms with van der Waals surface area (Å²) in [7, 11) is 1.14. The van der Waals surface area contributed by atoms with Crippen LogP contribution in [0.4, 0.5) is 32.2 Å². The third kappa shape index (κ3) is 4.06. The molecule has 0 spiro atoms. The minimum absolute atomic E-state index is 0.419. The fraction of sp³-hybridized carbons (Fsp3) is 0.231. The Balaban J connectivity index is 2.78. The molecule has 0 aliphatic rings. The lowest BCUT2D eigenvalue weighted by molar-refractivity contribution is -0.137. The minimum atomic E-state index is -5.21. The van der Waals surface area contributed by atoms with Gasteiger partial charge < -0.3 is 9.87 Å². The van der Waals surface area contributed by atoms with Gasteiger partial charge in [0, 0.05) is 7.05 Å². The van der Waals surface area contributed by atoms with E-state index in [1.54, 1.807) is 0 Å². The average molecular weight is 451 g/mol. The summed E-state index contributed by atoms with van der Waals surface area (Å²) in [4.78, 5) is -1.00. The fourth-order valence-corrected chi connectivity index (χ4v) is 3.59. The van der Waals surface area contributed by atoms with Crippen molar-refractivity contribution in [3.05, 3.63) is 33.4 Å². The lowest BCUT2D eigenvalue weighted by Gasteiger charge is -2.15. The smallest absolute Gasteiger partial charge is 0.578 e. The van der Waals surface area contributed by atoms with E-state index in [9.17, 15) is 30.9 Å². The Bertz CT molecular complexity index is 898. The molecule has 1 heterocycles. The van der Waals surface area contributed by atoms with Crippen LogP contribution in [0.5, 0.6) is 0 Å². The monoisotopic (exact) mass is 450 g/mol. The van der Waals surface area contributed by atoms with Crippen molar-refractivity contribution in [3.63, 3.8) is 0 Å². The molecule has 1 N–H and O–H groups in total. The molecule has 0 amide bonds. The van der Waals surface area contributed by atoms with Crippen molar-refractivity contribution in [1.82, 2.24) is 9.78 Å². The molecule has 1 unspecified atom stereocenters. The number of hydrogen-bond donors (Lipinski definition) is 1. The SMILES string of the molecule is CNc1c([S+]([O-])C(F)(F)F)c(C#N)nn1-c1c(Cl)cc(C(F)(F)F)cc1Cl. The van der Waals surface area contributed by atoms with Crippen molar-refractivity contribution in [2.24, 2.45) is 0 Å². The van der Waals surface area contributed by atoms with E-state index >= 15 is 0 Å². The van der Waals surface area contributed by atoms with Gasteiger partial charge in [-0.05, 0) is 12.1 Å². The van der Waals surface area contributed by atoms with Crippen molar-refractivity contribution < 1.29 is 30.9 Å². The summed E-state index contributed by atoms with van der Waals surface area (Å²) >= 11 is 8.01. The molecule has 1 aromatic carbocycles. The van der Waals surface area contributed by atoms with Crippen LogP contribution >= 0.6 is 23.2 Å². The highest BCUT2D eigenvalue weighted by molar-refractivity contribution is 7.92. The standard InChI is InChI=1S/C13H6Cl2F6N4OS/c1-23-11-10(27(26)13(19,20)21)8(4-22)24-25(11)9-6(14)2-5(3-7(9)15)12(16,17)18/h2-3,23H,1H3. The van der Waals surface area contributed by atoms with E-state index in [4.69, 9.17) is 28.5 Å². The van der Waals surface area contributed by atoms with E-state index in [0.29, 0.717) is 16.8 Å². The van der Waals surface area contributed by atoms with Crippen molar-refractivity contribution >= 4 is 40.2 Å². The summed E-state index contributed by atoms with van der Waals surface area (Å²) in [5.74, 6) is -0.564. The summed E-state index contributed by atoms with van der Waals surface area (Å²) in [6.07, 6.45) is -4.78. The van der Waals surface area contributed by atoms with Crippen molar-refractivity contribution in [2.45, 2.75) is 16.6 Å². The summed E-state index contributed by atoms with van der Waals surface area (Å²) in [6.45, 7) is 0. The highest BCUT2D eigenvalue weighted by Gasteiger charge is 2.50. The van der Waals surface area contributed by atoms with Gasteiger partial charge in [0.2, 0.25) is 10.6 Å². The van der Waals surface area contributed by atoms with Gasteiger partial charge in [-0.3, -0.25) is 0 Å². The summed E-state index contributed by atoms with van der Waals surface area (Å²) in [5, 5.41) is 13.7. The zero-order valence-electron chi connectivity index (χ0n) is 12.8. The second-order valence-corrected chi connectivity index (χ2v) is 7.02. The normalized spacial score (nSPS) is 13.4. The molecule has 0 aliphatic carbocycles. The van der Waals surface area contributed by atoms with Gasteiger partial charge in [0.05, 0.1) is 15.6 Å². The maximum atomic E-state index is 12.9. The molecule has 0 radical (unpaired) electrons. The van der Waals surface area contributed by atoms with E-state index in [-0.39, 0.29) is 0 Å². The number of benzene rings is 1. The second kappa shape index (κ2) is 7.31. The molecule has 2 rings (SSSR count). The van der Waals surface area contributed by atoms with E-state index in [0.717, 1.165) is 7.05 Å². The molecule has 27 heavy (non-hydrogen) atoms. The number of nitriles is 1. The first-order chi connectivity index (χ1) is 12.3. The third-order valence-electron chi connectivity index (χ3n) is 3.14. The molecule has 146 valence electrons. The van der Waals surface area contributed by atoms with E-state index in [2.05, 4.69) is 10.4 Å². The number of rotatable bonds is 3. The fourth-order valence-electron chi connectivity index (χ4n) is 2.08. The average Bonchev–Trinajstić information content (AvgIpc) is 2.89. The molecule has 0 saturated carbocycles. The Hall–Kier alpha value is -1.81. The Kier molecular flexibility index (Phi) is 5.82. The first-order valence-corrected chi connectivity index (χ1v) is 8.49. The Morgan fingerprint density at radius 3 is 2.07 bits per heavy atom. The molecule has 1 atom stereocenters. The lowest BCUT2D eigenvalue weighted by Crippen LogP contribution is -2.24. The number of hydrogen-bond acceptors (Lipinski definition) is 4. The van der Waals surface area contributed by atoms with Gasteiger partial charge in [0.15, 0.2) is 5.82 Å². The van der Waals surface area contributed by atoms with Gasteiger partial charge in [0.25, 0.3) is 0 Å². The first-order valence-electron chi connectivity index (χ1n) is 6.59. The predicted molar refractivity (Wildman–Crippen MR) is 85.3 cm³/mol. The van der Waals surface area contributed by atoms with E-state index < -0.39 is 60.6 Å². The van der Waals surface area contributed by atoms with Gasteiger partial charge in [-0.1, -0.05) is 23.2 Å². The van der Waals surface area contributed by atoms with Gasteiger partial charge in [-0.25, -0.2) is 4.68 Å². The van der Waals surface area contributed by atoms with Crippen molar-refractivity contribution in [2.75, 3.05) is 12.4 Å². The van der Waals surface area contributed by atoms with Gasteiger partial charge >= 0.3 is 11.7 Å².